The van der Waals surface area contributed by atoms with Gasteiger partial charge in [0.1, 0.15) is 0 Å². The second-order valence-electron chi connectivity index (χ2n) is 1.66. The predicted molar refractivity (Wildman–Crippen MR) is 32.7 cm³/mol. The zero-order chi connectivity index (χ0) is 7.56. The van der Waals surface area contributed by atoms with Gasteiger partial charge in [-0.1, -0.05) is 0 Å². The van der Waals surface area contributed by atoms with Gasteiger partial charge in [0.05, 0.1) is 0 Å². The first-order valence-corrected chi connectivity index (χ1v) is 2.55. The molecular formula is C5H5N3O2. The van der Waals surface area contributed by atoms with Crippen molar-refractivity contribution < 1.29 is 10.2 Å². The summed E-state index contributed by atoms with van der Waals surface area (Å²) >= 11 is 0. The summed E-state index contributed by atoms with van der Waals surface area (Å²) in [7, 11) is 0. The van der Waals surface area contributed by atoms with E-state index in [1.165, 1.54) is 12.3 Å². The Balaban J connectivity index is 2.76. The standard InChI is InChI=1S/C5H5N3O2/c6-3-8-2-1-4(9)7-5(8)10/h1-2,5,10H,(H,7,9). The lowest BCUT2D eigenvalue weighted by molar-refractivity contribution is 0.0786. The highest BCUT2D eigenvalue weighted by atomic mass is 16.3. The van der Waals surface area contributed by atoms with Gasteiger partial charge in [-0.25, -0.2) is 4.90 Å². The summed E-state index contributed by atoms with van der Waals surface area (Å²) in [6, 6.07) is 0. The highest BCUT2D eigenvalue weighted by Gasteiger charge is 2.13. The minimum atomic E-state index is -1.28. The van der Waals surface area contributed by atoms with Crippen molar-refractivity contribution in [1.29, 1.82) is 5.26 Å². The van der Waals surface area contributed by atoms with Gasteiger partial charge in [0.15, 0.2) is 6.19 Å². The molecule has 0 bridgehead atoms. The van der Waals surface area contributed by atoms with Gasteiger partial charge >= 0.3 is 0 Å². The van der Waals surface area contributed by atoms with Crippen LogP contribution < -0.4 is 0 Å². The summed E-state index contributed by atoms with van der Waals surface area (Å²) in [5.74, 6) is -0.279. The topological polar surface area (TPSA) is 79.9 Å². The van der Waals surface area contributed by atoms with E-state index >= 15 is 0 Å². The number of rotatable bonds is 0. The van der Waals surface area contributed by atoms with Crippen LogP contribution >= 0.6 is 0 Å². The van der Waals surface area contributed by atoms with Crippen LogP contribution in [0.15, 0.2) is 17.3 Å². The van der Waals surface area contributed by atoms with Crippen molar-refractivity contribution >= 4 is 5.90 Å². The third kappa shape index (κ3) is 1.06. The second-order valence-corrected chi connectivity index (χ2v) is 1.66. The van der Waals surface area contributed by atoms with Crippen LogP contribution in [0, 0.1) is 11.5 Å². The van der Waals surface area contributed by atoms with Crippen LogP contribution in [0.4, 0.5) is 0 Å². The lowest BCUT2D eigenvalue weighted by atomic mass is 10.5. The third-order valence-corrected chi connectivity index (χ3v) is 0.996. The SMILES string of the molecule is N#CN1C=CC(O)=NC1O. The zero-order valence-corrected chi connectivity index (χ0v) is 4.97. The molecule has 0 saturated heterocycles. The largest absolute Gasteiger partial charge is 0.493 e. The summed E-state index contributed by atoms with van der Waals surface area (Å²) in [5, 5.41) is 25.8. The van der Waals surface area contributed by atoms with Gasteiger partial charge in [-0.2, -0.15) is 10.3 Å². The molecule has 5 nitrogen and oxygen atoms in total. The Bertz CT molecular complexity index is 228. The number of aliphatic hydroxyl groups excluding tert-OH is 2. The minimum absolute atomic E-state index is 0.279. The van der Waals surface area contributed by atoms with Crippen LogP contribution in [0.25, 0.3) is 0 Å². The lowest BCUT2D eigenvalue weighted by Gasteiger charge is -2.16. The Labute approximate surface area is 57.1 Å². The summed E-state index contributed by atoms with van der Waals surface area (Å²) in [6.45, 7) is 0. The van der Waals surface area contributed by atoms with Crippen molar-refractivity contribution in [3.8, 4) is 6.19 Å². The Hall–Kier alpha value is -1.54. The smallest absolute Gasteiger partial charge is 0.241 e. The first-order chi connectivity index (χ1) is 4.74. The average molecular weight is 139 g/mol. The number of aliphatic hydroxyl groups is 2. The van der Waals surface area contributed by atoms with Crippen molar-refractivity contribution in [3.63, 3.8) is 0 Å². The number of nitrogens with zero attached hydrogens (tertiary/aromatic N) is 3. The Morgan fingerprint density at radius 1 is 1.80 bits per heavy atom. The van der Waals surface area contributed by atoms with E-state index in [9.17, 15) is 0 Å². The molecule has 2 N–H and O–H groups in total. The van der Waals surface area contributed by atoms with Crippen LogP contribution in [-0.4, -0.2) is 27.4 Å². The molecule has 0 saturated carbocycles. The molecule has 1 aliphatic heterocycles. The summed E-state index contributed by atoms with van der Waals surface area (Å²) in [6.07, 6.45) is 2.83. The van der Waals surface area contributed by atoms with Gasteiger partial charge in [-0.3, -0.25) is 0 Å². The van der Waals surface area contributed by atoms with Crippen molar-refractivity contribution in [2.75, 3.05) is 0 Å². The number of hydrogen-bond acceptors (Lipinski definition) is 4. The maximum atomic E-state index is 8.84. The van der Waals surface area contributed by atoms with Crippen LogP contribution in [0.2, 0.25) is 0 Å². The van der Waals surface area contributed by atoms with Crippen molar-refractivity contribution in [2.24, 2.45) is 4.99 Å². The number of nitriles is 1. The number of hydrogen-bond donors (Lipinski definition) is 2. The van der Waals surface area contributed by atoms with E-state index < -0.39 is 6.35 Å². The fourth-order valence-electron chi connectivity index (χ4n) is 0.532. The Morgan fingerprint density at radius 2 is 2.50 bits per heavy atom. The zero-order valence-electron chi connectivity index (χ0n) is 4.97. The highest BCUT2D eigenvalue weighted by Crippen LogP contribution is 2.02. The van der Waals surface area contributed by atoms with E-state index in [2.05, 4.69) is 4.99 Å². The Morgan fingerprint density at radius 3 is 3.00 bits per heavy atom. The maximum Gasteiger partial charge on any atom is 0.241 e. The molecule has 0 amide bonds. The van der Waals surface area contributed by atoms with Crippen molar-refractivity contribution in [3.05, 3.63) is 12.3 Å². The molecule has 0 fully saturated rings. The normalized spacial score (nSPS) is 23.8. The molecule has 52 valence electrons. The molecule has 1 aliphatic rings. The molecule has 1 unspecified atom stereocenters. The molecule has 1 heterocycles. The van der Waals surface area contributed by atoms with Crippen molar-refractivity contribution in [2.45, 2.75) is 6.35 Å². The quantitative estimate of drug-likeness (QED) is 0.444. The summed E-state index contributed by atoms with van der Waals surface area (Å²) in [4.78, 5) is 4.18. The average Bonchev–Trinajstić information content (AvgIpc) is 1.88. The van der Waals surface area contributed by atoms with E-state index in [4.69, 9.17) is 15.5 Å². The fourth-order valence-corrected chi connectivity index (χ4v) is 0.532. The molecule has 0 radical (unpaired) electrons. The maximum absolute atomic E-state index is 8.84. The molecule has 0 spiro atoms. The van der Waals surface area contributed by atoms with Gasteiger partial charge in [0.25, 0.3) is 0 Å². The van der Waals surface area contributed by atoms with Crippen molar-refractivity contribution in [1.82, 2.24) is 4.90 Å². The van der Waals surface area contributed by atoms with Gasteiger partial charge < -0.3 is 10.2 Å². The van der Waals surface area contributed by atoms with Crippen LogP contribution in [0.3, 0.4) is 0 Å². The molecule has 5 heteroatoms. The van der Waals surface area contributed by atoms with Gasteiger partial charge in [-0.15, -0.1) is 0 Å². The molecule has 10 heavy (non-hydrogen) atoms. The fraction of sp³-hybridized carbons (Fsp3) is 0.200. The van der Waals surface area contributed by atoms with E-state index in [0.29, 0.717) is 0 Å². The van der Waals surface area contributed by atoms with Gasteiger partial charge in [0.2, 0.25) is 12.2 Å². The molecule has 1 rings (SSSR count). The van der Waals surface area contributed by atoms with E-state index in [0.717, 1.165) is 4.90 Å². The summed E-state index contributed by atoms with van der Waals surface area (Å²) < 4.78 is 0. The monoisotopic (exact) mass is 139 g/mol. The molecule has 0 aromatic rings. The van der Waals surface area contributed by atoms with Gasteiger partial charge in [0, 0.05) is 12.3 Å². The molecule has 1 atom stereocenters. The minimum Gasteiger partial charge on any atom is -0.493 e. The Kier molecular flexibility index (Phi) is 1.56. The molecule has 0 aromatic carbocycles. The predicted octanol–water partition coefficient (Wildman–Crippen LogP) is -0.471. The third-order valence-electron chi connectivity index (χ3n) is 0.996. The lowest BCUT2D eigenvalue weighted by Crippen LogP contribution is -2.28. The van der Waals surface area contributed by atoms with E-state index in [1.807, 2.05) is 0 Å². The van der Waals surface area contributed by atoms with Crippen LogP contribution in [-0.2, 0) is 0 Å². The highest BCUT2D eigenvalue weighted by molar-refractivity contribution is 5.86. The van der Waals surface area contributed by atoms with Gasteiger partial charge in [-0.05, 0) is 0 Å². The van der Waals surface area contributed by atoms with Crippen LogP contribution in [0.5, 0.6) is 0 Å². The first-order valence-electron chi connectivity index (χ1n) is 2.55. The van der Waals surface area contributed by atoms with E-state index in [1.54, 1.807) is 6.19 Å². The molecule has 0 aliphatic carbocycles. The first kappa shape index (κ1) is 6.58. The summed E-state index contributed by atoms with van der Waals surface area (Å²) in [5.41, 5.74) is 0. The second kappa shape index (κ2) is 2.37. The van der Waals surface area contributed by atoms with Crippen LogP contribution in [0.1, 0.15) is 0 Å². The molecular weight excluding hydrogens is 134 g/mol. The molecule has 0 aromatic heterocycles. The van der Waals surface area contributed by atoms with E-state index in [-0.39, 0.29) is 5.90 Å². The number of aliphatic imine (C=N–C) groups is 1.